The highest BCUT2D eigenvalue weighted by Crippen LogP contribution is 2.28. The van der Waals surface area contributed by atoms with Crippen LogP contribution in [0.1, 0.15) is 27.0 Å². The third-order valence-electron chi connectivity index (χ3n) is 5.61. The largest absolute Gasteiger partial charge is 0.452 e. The van der Waals surface area contributed by atoms with E-state index in [-0.39, 0.29) is 12.5 Å². The summed E-state index contributed by atoms with van der Waals surface area (Å²) in [4.78, 5) is 30.3. The molecule has 3 aromatic carbocycles. The highest BCUT2D eigenvalue weighted by atomic mass is 79.9. The van der Waals surface area contributed by atoms with Gasteiger partial charge >= 0.3 is 5.97 Å². The number of hydrogen-bond donors (Lipinski definition) is 1. The molecule has 4 rings (SSSR count). The summed E-state index contributed by atoms with van der Waals surface area (Å²) in [6, 6.07) is 20.8. The van der Waals surface area contributed by atoms with Crippen LogP contribution < -0.4 is 5.32 Å². The Hall–Kier alpha value is -3.51. The van der Waals surface area contributed by atoms with Crippen LogP contribution in [0.5, 0.6) is 0 Å². The molecule has 1 amide bonds. The van der Waals surface area contributed by atoms with Gasteiger partial charge in [0.25, 0.3) is 5.91 Å². The monoisotopic (exact) mass is 502 g/mol. The SMILES string of the molecule is Cc1cccc(NC(=O)COC(=O)c2cc(-c3ccc(Br)cc3)nc3c(C)cccc23)c1C. The fraction of sp³-hybridized carbons (Fsp3) is 0.148. The lowest BCUT2D eigenvalue weighted by Gasteiger charge is -2.13. The minimum Gasteiger partial charge on any atom is -0.452 e. The molecule has 0 bridgehead atoms. The minimum atomic E-state index is -0.567. The molecule has 0 aliphatic rings. The van der Waals surface area contributed by atoms with Crippen molar-refractivity contribution in [3.63, 3.8) is 0 Å². The van der Waals surface area contributed by atoms with Crippen LogP contribution in [0.4, 0.5) is 5.69 Å². The van der Waals surface area contributed by atoms with E-state index in [1.807, 2.05) is 81.4 Å². The lowest BCUT2D eigenvalue weighted by atomic mass is 10.0. The zero-order chi connectivity index (χ0) is 23.5. The summed E-state index contributed by atoms with van der Waals surface area (Å²) in [5.74, 6) is -0.956. The maximum atomic E-state index is 13.0. The molecule has 0 aliphatic heterocycles. The number of pyridine rings is 1. The number of hydrogen-bond acceptors (Lipinski definition) is 4. The second-order valence-corrected chi connectivity index (χ2v) is 8.82. The summed E-state index contributed by atoms with van der Waals surface area (Å²) < 4.78 is 6.36. The fourth-order valence-corrected chi connectivity index (χ4v) is 3.88. The summed E-state index contributed by atoms with van der Waals surface area (Å²) in [6.45, 7) is 5.49. The normalized spacial score (nSPS) is 10.8. The Labute approximate surface area is 200 Å². The lowest BCUT2D eigenvalue weighted by molar-refractivity contribution is -0.119. The number of halogens is 1. The molecule has 0 saturated heterocycles. The highest BCUT2D eigenvalue weighted by molar-refractivity contribution is 9.10. The van der Waals surface area contributed by atoms with Crippen LogP contribution in [0, 0.1) is 20.8 Å². The summed E-state index contributed by atoms with van der Waals surface area (Å²) in [5.41, 5.74) is 6.36. The van der Waals surface area contributed by atoms with Gasteiger partial charge in [0.15, 0.2) is 6.61 Å². The molecule has 6 heteroatoms. The first-order valence-corrected chi connectivity index (χ1v) is 11.3. The van der Waals surface area contributed by atoms with Gasteiger partial charge in [-0.25, -0.2) is 9.78 Å². The van der Waals surface area contributed by atoms with Gasteiger partial charge in [-0.15, -0.1) is 0 Å². The molecule has 5 nitrogen and oxygen atoms in total. The van der Waals surface area contributed by atoms with Crippen molar-refractivity contribution in [3.8, 4) is 11.3 Å². The Balaban J connectivity index is 1.60. The van der Waals surface area contributed by atoms with Gasteiger partial charge in [0.1, 0.15) is 0 Å². The topological polar surface area (TPSA) is 68.3 Å². The Bertz CT molecular complexity index is 1360. The smallest absolute Gasteiger partial charge is 0.339 e. The van der Waals surface area contributed by atoms with Crippen molar-refractivity contribution in [3.05, 3.63) is 93.5 Å². The molecule has 33 heavy (non-hydrogen) atoms. The molecule has 1 aromatic heterocycles. The maximum absolute atomic E-state index is 13.0. The number of aromatic nitrogens is 1. The Morgan fingerprint density at radius 2 is 1.64 bits per heavy atom. The number of nitrogens with one attached hydrogen (secondary N) is 1. The van der Waals surface area contributed by atoms with Crippen LogP contribution in [0.25, 0.3) is 22.2 Å². The molecule has 0 unspecified atom stereocenters. The number of rotatable bonds is 5. The first-order valence-electron chi connectivity index (χ1n) is 10.5. The lowest BCUT2D eigenvalue weighted by Crippen LogP contribution is -2.21. The molecule has 166 valence electrons. The quantitative estimate of drug-likeness (QED) is 0.321. The molecule has 1 N–H and O–H groups in total. The predicted molar refractivity (Wildman–Crippen MR) is 134 cm³/mol. The van der Waals surface area contributed by atoms with Gasteiger partial charge in [0.2, 0.25) is 0 Å². The number of anilines is 1. The van der Waals surface area contributed by atoms with E-state index in [9.17, 15) is 9.59 Å². The molecule has 0 saturated carbocycles. The Kier molecular flexibility index (Phi) is 6.56. The van der Waals surface area contributed by atoms with Crippen LogP contribution >= 0.6 is 15.9 Å². The van der Waals surface area contributed by atoms with E-state index in [4.69, 9.17) is 9.72 Å². The molecular formula is C27H23BrN2O3. The fourth-order valence-electron chi connectivity index (χ4n) is 3.61. The second kappa shape index (κ2) is 9.55. The van der Waals surface area contributed by atoms with Crippen molar-refractivity contribution >= 4 is 44.4 Å². The van der Waals surface area contributed by atoms with Crippen molar-refractivity contribution in [2.75, 3.05) is 11.9 Å². The standard InChI is InChI=1S/C27H23BrN2O3/c1-16-6-5-9-23(18(16)3)29-25(31)15-33-27(32)22-14-24(19-10-12-20(28)13-11-19)30-26-17(2)7-4-8-21(22)26/h4-14H,15H2,1-3H3,(H,29,31). The molecule has 1 heterocycles. The molecule has 0 radical (unpaired) electrons. The van der Waals surface area contributed by atoms with Crippen molar-refractivity contribution < 1.29 is 14.3 Å². The third kappa shape index (κ3) is 4.96. The number of nitrogens with zero attached hydrogens (tertiary/aromatic N) is 1. The number of amides is 1. The van der Waals surface area contributed by atoms with Crippen molar-refractivity contribution in [2.24, 2.45) is 0 Å². The first kappa shape index (κ1) is 22.7. The molecule has 4 aromatic rings. The molecule has 0 spiro atoms. The van der Waals surface area contributed by atoms with Crippen LogP contribution in [-0.2, 0) is 9.53 Å². The summed E-state index contributed by atoms with van der Waals surface area (Å²) in [6.07, 6.45) is 0. The van der Waals surface area contributed by atoms with E-state index in [1.165, 1.54) is 0 Å². The Morgan fingerprint density at radius 1 is 0.939 bits per heavy atom. The van der Waals surface area contributed by atoms with E-state index < -0.39 is 5.97 Å². The van der Waals surface area contributed by atoms with Gasteiger partial charge in [0.05, 0.1) is 16.8 Å². The van der Waals surface area contributed by atoms with Crippen LogP contribution in [0.2, 0.25) is 0 Å². The number of carbonyl (C=O) groups is 2. The van der Waals surface area contributed by atoms with E-state index in [0.29, 0.717) is 22.3 Å². The number of esters is 1. The van der Waals surface area contributed by atoms with Gasteiger partial charge in [-0.1, -0.05) is 58.4 Å². The zero-order valence-corrected chi connectivity index (χ0v) is 20.2. The Morgan fingerprint density at radius 3 is 2.39 bits per heavy atom. The van der Waals surface area contributed by atoms with E-state index in [2.05, 4.69) is 21.2 Å². The van der Waals surface area contributed by atoms with Gasteiger partial charge in [-0.2, -0.15) is 0 Å². The van der Waals surface area contributed by atoms with Gasteiger partial charge in [-0.3, -0.25) is 4.79 Å². The molecule has 0 atom stereocenters. The van der Waals surface area contributed by atoms with Crippen LogP contribution in [0.3, 0.4) is 0 Å². The predicted octanol–water partition coefficient (Wildman–Crippen LogP) is 6.39. The number of carbonyl (C=O) groups excluding carboxylic acids is 2. The average molecular weight is 503 g/mol. The number of benzene rings is 3. The number of fused-ring (bicyclic) bond motifs is 1. The molecule has 0 fully saturated rings. The summed E-state index contributed by atoms with van der Waals surface area (Å²) >= 11 is 3.44. The second-order valence-electron chi connectivity index (χ2n) is 7.90. The third-order valence-corrected chi connectivity index (χ3v) is 6.14. The van der Waals surface area contributed by atoms with Crippen molar-refractivity contribution in [1.29, 1.82) is 0 Å². The number of para-hydroxylation sites is 1. The van der Waals surface area contributed by atoms with E-state index in [1.54, 1.807) is 6.07 Å². The van der Waals surface area contributed by atoms with E-state index in [0.717, 1.165) is 32.2 Å². The zero-order valence-electron chi connectivity index (χ0n) is 18.6. The number of aryl methyl sites for hydroxylation is 2. The molecular weight excluding hydrogens is 480 g/mol. The summed E-state index contributed by atoms with van der Waals surface area (Å²) in [5, 5.41) is 3.50. The average Bonchev–Trinajstić information content (AvgIpc) is 2.81. The van der Waals surface area contributed by atoms with Gasteiger partial charge < -0.3 is 10.1 Å². The van der Waals surface area contributed by atoms with E-state index >= 15 is 0 Å². The van der Waals surface area contributed by atoms with Crippen molar-refractivity contribution in [2.45, 2.75) is 20.8 Å². The number of ether oxygens (including phenoxy) is 1. The minimum absolute atomic E-state index is 0.376. The molecule has 0 aliphatic carbocycles. The highest BCUT2D eigenvalue weighted by Gasteiger charge is 2.18. The summed E-state index contributed by atoms with van der Waals surface area (Å²) in [7, 11) is 0. The van der Waals surface area contributed by atoms with Crippen LogP contribution in [-0.4, -0.2) is 23.5 Å². The maximum Gasteiger partial charge on any atom is 0.339 e. The first-order chi connectivity index (χ1) is 15.8. The van der Waals surface area contributed by atoms with Crippen LogP contribution in [0.15, 0.2) is 71.2 Å². The van der Waals surface area contributed by atoms with Gasteiger partial charge in [0, 0.05) is 21.1 Å². The van der Waals surface area contributed by atoms with Gasteiger partial charge in [-0.05, 0) is 61.7 Å². The van der Waals surface area contributed by atoms with Crippen molar-refractivity contribution in [1.82, 2.24) is 4.98 Å².